The van der Waals surface area contributed by atoms with Crippen LogP contribution in [0.1, 0.15) is 57.8 Å². The van der Waals surface area contributed by atoms with Gasteiger partial charge in [-0.3, -0.25) is 0 Å². The summed E-state index contributed by atoms with van der Waals surface area (Å²) < 4.78 is 0.553. The molecule has 0 amide bonds. The predicted octanol–water partition coefficient (Wildman–Crippen LogP) is 4.15. The van der Waals surface area contributed by atoms with E-state index < -0.39 is 0 Å². The minimum Gasteiger partial charge on any atom is -0.330 e. The molecule has 0 rings (SSSR count). The molecule has 0 aliphatic carbocycles. The Morgan fingerprint density at radius 3 is 1.71 bits per heavy atom. The highest BCUT2D eigenvalue weighted by Crippen LogP contribution is 2.16. The van der Waals surface area contributed by atoms with Gasteiger partial charge in [-0.05, 0) is 19.4 Å². The predicted molar refractivity (Wildman–Crippen MR) is 77.4 cm³/mol. The van der Waals surface area contributed by atoms with Crippen molar-refractivity contribution in [1.82, 2.24) is 0 Å². The Bertz CT molecular complexity index is 109. The Balaban J connectivity index is 2.85. The second kappa shape index (κ2) is 12.1. The number of rotatable bonds is 10. The standard InChI is InChI=1S/C11H24INS/c12-11(14)9-7-5-3-1-2-4-6-8-10-13/h11,14H,1-10,13H2. The zero-order valence-electron chi connectivity index (χ0n) is 9.05. The molecule has 1 atom stereocenters. The van der Waals surface area contributed by atoms with Crippen LogP contribution in [0.25, 0.3) is 0 Å². The van der Waals surface area contributed by atoms with E-state index in [1.807, 2.05) is 0 Å². The van der Waals surface area contributed by atoms with Crippen LogP contribution in [0.3, 0.4) is 0 Å². The summed E-state index contributed by atoms with van der Waals surface area (Å²) in [6.45, 7) is 0.860. The molecule has 0 aromatic carbocycles. The largest absolute Gasteiger partial charge is 0.330 e. The highest BCUT2D eigenvalue weighted by molar-refractivity contribution is 14.1. The molecule has 0 bridgehead atoms. The first-order valence-electron chi connectivity index (χ1n) is 5.79. The number of unbranched alkanes of at least 4 members (excludes halogenated alkanes) is 7. The molecule has 2 N–H and O–H groups in total. The molecule has 0 heterocycles. The minimum atomic E-state index is 0.553. The van der Waals surface area contributed by atoms with Crippen LogP contribution < -0.4 is 5.73 Å². The number of hydrogen-bond donors (Lipinski definition) is 2. The first-order valence-corrected chi connectivity index (χ1v) is 7.55. The summed E-state index contributed by atoms with van der Waals surface area (Å²) in [5, 5.41) is 0. The van der Waals surface area contributed by atoms with Gasteiger partial charge in [0.25, 0.3) is 0 Å². The van der Waals surface area contributed by atoms with E-state index in [4.69, 9.17) is 5.73 Å². The molecule has 0 aromatic heterocycles. The maximum Gasteiger partial charge on any atom is 0.0534 e. The van der Waals surface area contributed by atoms with Crippen molar-refractivity contribution in [1.29, 1.82) is 0 Å². The van der Waals surface area contributed by atoms with E-state index >= 15 is 0 Å². The summed E-state index contributed by atoms with van der Waals surface area (Å²) in [4.78, 5) is 0. The number of alkyl halides is 1. The lowest BCUT2D eigenvalue weighted by Gasteiger charge is -2.03. The fourth-order valence-electron chi connectivity index (χ4n) is 1.52. The quantitative estimate of drug-likeness (QED) is 0.268. The highest BCUT2D eigenvalue weighted by Gasteiger charge is 1.96. The maximum atomic E-state index is 5.43. The van der Waals surface area contributed by atoms with Gasteiger partial charge in [-0.1, -0.05) is 67.5 Å². The van der Waals surface area contributed by atoms with Crippen molar-refractivity contribution in [3.8, 4) is 0 Å². The van der Waals surface area contributed by atoms with Crippen molar-refractivity contribution in [2.75, 3.05) is 6.54 Å². The zero-order chi connectivity index (χ0) is 10.6. The summed E-state index contributed by atoms with van der Waals surface area (Å²) >= 11 is 6.73. The van der Waals surface area contributed by atoms with Gasteiger partial charge in [0, 0.05) is 0 Å². The summed E-state index contributed by atoms with van der Waals surface area (Å²) in [6, 6.07) is 0. The van der Waals surface area contributed by atoms with Crippen molar-refractivity contribution in [3.05, 3.63) is 0 Å². The molecule has 0 aliphatic rings. The van der Waals surface area contributed by atoms with Crippen molar-refractivity contribution in [3.63, 3.8) is 0 Å². The Morgan fingerprint density at radius 1 is 0.857 bits per heavy atom. The molecule has 86 valence electrons. The van der Waals surface area contributed by atoms with Crippen LogP contribution in [0.2, 0.25) is 0 Å². The van der Waals surface area contributed by atoms with E-state index in [1.165, 1.54) is 57.8 Å². The fraction of sp³-hybridized carbons (Fsp3) is 1.00. The first kappa shape index (κ1) is 15.0. The number of halogens is 1. The second-order valence-electron chi connectivity index (χ2n) is 3.84. The maximum absolute atomic E-state index is 5.43. The van der Waals surface area contributed by atoms with Gasteiger partial charge >= 0.3 is 0 Å². The lowest BCUT2D eigenvalue weighted by Crippen LogP contribution is -1.97. The zero-order valence-corrected chi connectivity index (χ0v) is 12.1. The van der Waals surface area contributed by atoms with Crippen LogP contribution >= 0.6 is 35.2 Å². The van der Waals surface area contributed by atoms with Crippen LogP contribution in [0, 0.1) is 0 Å². The summed E-state index contributed by atoms with van der Waals surface area (Å²) in [5.41, 5.74) is 5.43. The third-order valence-electron chi connectivity index (χ3n) is 2.40. The van der Waals surface area contributed by atoms with E-state index in [0.717, 1.165) is 6.54 Å². The molecular weight excluding hydrogens is 305 g/mol. The van der Waals surface area contributed by atoms with E-state index in [1.54, 1.807) is 0 Å². The van der Waals surface area contributed by atoms with Gasteiger partial charge in [0.15, 0.2) is 0 Å². The monoisotopic (exact) mass is 329 g/mol. The van der Waals surface area contributed by atoms with Gasteiger partial charge in [0.05, 0.1) is 3.26 Å². The Kier molecular flexibility index (Phi) is 13.0. The molecule has 0 fully saturated rings. The third-order valence-corrected chi connectivity index (χ3v) is 3.28. The number of thiol groups is 1. The molecule has 0 aromatic rings. The van der Waals surface area contributed by atoms with Gasteiger partial charge in [0.1, 0.15) is 0 Å². The lowest BCUT2D eigenvalue weighted by atomic mass is 10.1. The van der Waals surface area contributed by atoms with E-state index in [0.29, 0.717) is 3.26 Å². The van der Waals surface area contributed by atoms with Crippen LogP contribution in [0.15, 0.2) is 0 Å². The Hall–Kier alpha value is 1.04. The summed E-state index contributed by atoms with van der Waals surface area (Å²) in [6.07, 6.45) is 12.1. The van der Waals surface area contributed by atoms with Crippen molar-refractivity contribution >= 4 is 35.2 Å². The van der Waals surface area contributed by atoms with Crippen molar-refractivity contribution in [2.45, 2.75) is 61.0 Å². The molecule has 0 spiro atoms. The lowest BCUT2D eigenvalue weighted by molar-refractivity contribution is 0.567. The summed E-state index contributed by atoms with van der Waals surface area (Å²) in [7, 11) is 0. The van der Waals surface area contributed by atoms with E-state index in [2.05, 4.69) is 35.2 Å². The molecule has 1 nitrogen and oxygen atoms in total. The fourth-order valence-corrected chi connectivity index (χ4v) is 2.14. The first-order chi connectivity index (χ1) is 6.77. The van der Waals surface area contributed by atoms with E-state index in [9.17, 15) is 0 Å². The van der Waals surface area contributed by atoms with Gasteiger partial charge in [-0.2, -0.15) is 12.6 Å². The molecule has 1 unspecified atom stereocenters. The molecule has 0 saturated carbocycles. The van der Waals surface area contributed by atoms with Crippen molar-refractivity contribution in [2.24, 2.45) is 5.73 Å². The van der Waals surface area contributed by atoms with Gasteiger partial charge < -0.3 is 5.73 Å². The average Bonchev–Trinajstić information content (AvgIpc) is 2.15. The Morgan fingerprint density at radius 2 is 1.29 bits per heavy atom. The molecule has 0 aliphatic heterocycles. The molecule has 0 radical (unpaired) electrons. The molecule has 0 saturated heterocycles. The third kappa shape index (κ3) is 13.0. The summed E-state index contributed by atoms with van der Waals surface area (Å²) in [5.74, 6) is 0. The van der Waals surface area contributed by atoms with Crippen LogP contribution in [0.4, 0.5) is 0 Å². The normalized spacial score (nSPS) is 13.1. The topological polar surface area (TPSA) is 26.0 Å². The van der Waals surface area contributed by atoms with E-state index in [-0.39, 0.29) is 0 Å². The van der Waals surface area contributed by atoms with Gasteiger partial charge in [-0.25, -0.2) is 0 Å². The SMILES string of the molecule is NCCCCCCCCCCC(S)I. The molecule has 3 heteroatoms. The second-order valence-corrected chi connectivity index (χ2v) is 6.95. The van der Waals surface area contributed by atoms with Crippen LogP contribution in [-0.4, -0.2) is 9.80 Å². The number of nitrogens with two attached hydrogens (primary N) is 1. The minimum absolute atomic E-state index is 0.553. The van der Waals surface area contributed by atoms with Gasteiger partial charge in [-0.15, -0.1) is 0 Å². The average molecular weight is 329 g/mol. The van der Waals surface area contributed by atoms with Crippen molar-refractivity contribution < 1.29 is 0 Å². The smallest absolute Gasteiger partial charge is 0.0534 e. The van der Waals surface area contributed by atoms with Crippen LogP contribution in [0.5, 0.6) is 0 Å². The highest BCUT2D eigenvalue weighted by atomic mass is 127. The molecule has 14 heavy (non-hydrogen) atoms. The van der Waals surface area contributed by atoms with Crippen LogP contribution in [-0.2, 0) is 0 Å². The molecular formula is C11H24INS. The Labute approximate surface area is 108 Å². The van der Waals surface area contributed by atoms with Gasteiger partial charge in [0.2, 0.25) is 0 Å². The number of hydrogen-bond acceptors (Lipinski definition) is 2.